The average Bonchev–Trinajstić information content (AvgIpc) is 2.42. The molecule has 0 aliphatic heterocycles. The number of aryl methyl sites for hydroxylation is 1. The zero-order chi connectivity index (χ0) is 14.7. The highest BCUT2D eigenvalue weighted by Gasteiger charge is 2.09. The van der Waals surface area contributed by atoms with Crippen LogP contribution in [0.1, 0.15) is 21.5 Å². The van der Waals surface area contributed by atoms with Gasteiger partial charge in [-0.2, -0.15) is 5.26 Å². The first kappa shape index (κ1) is 14.6. The van der Waals surface area contributed by atoms with Crippen LogP contribution in [0.25, 0.3) is 0 Å². The van der Waals surface area contributed by atoms with E-state index in [-0.39, 0.29) is 5.91 Å². The Morgan fingerprint density at radius 3 is 2.65 bits per heavy atom. The number of amides is 1. The fourth-order valence-electron chi connectivity index (χ4n) is 1.67. The quantitative estimate of drug-likeness (QED) is 0.865. The summed E-state index contributed by atoms with van der Waals surface area (Å²) in [5, 5.41) is 11.9. The summed E-state index contributed by atoms with van der Waals surface area (Å²) >= 11 is 9.32. The van der Waals surface area contributed by atoms with Gasteiger partial charge >= 0.3 is 0 Å². The van der Waals surface area contributed by atoms with Gasteiger partial charge in [-0.15, -0.1) is 0 Å². The zero-order valence-electron chi connectivity index (χ0n) is 10.6. The van der Waals surface area contributed by atoms with Crippen molar-refractivity contribution in [3.05, 3.63) is 62.6 Å². The fourth-order valence-corrected chi connectivity index (χ4v) is 2.14. The Hall–Kier alpha value is -1.83. The lowest BCUT2D eigenvalue weighted by molar-refractivity contribution is 0.102. The number of rotatable bonds is 2. The van der Waals surface area contributed by atoms with Crippen LogP contribution >= 0.6 is 27.5 Å². The summed E-state index contributed by atoms with van der Waals surface area (Å²) in [7, 11) is 0. The van der Waals surface area contributed by atoms with E-state index < -0.39 is 0 Å². The summed E-state index contributed by atoms with van der Waals surface area (Å²) < 4.78 is 0.954. The second-order valence-corrected chi connectivity index (χ2v) is 5.49. The van der Waals surface area contributed by atoms with Crippen molar-refractivity contribution in [1.29, 1.82) is 5.26 Å². The molecule has 1 N–H and O–H groups in total. The van der Waals surface area contributed by atoms with Gasteiger partial charge in [-0.1, -0.05) is 27.5 Å². The van der Waals surface area contributed by atoms with Gasteiger partial charge in [0, 0.05) is 15.7 Å². The van der Waals surface area contributed by atoms with Gasteiger partial charge in [-0.3, -0.25) is 4.79 Å². The van der Waals surface area contributed by atoms with Gasteiger partial charge < -0.3 is 5.32 Å². The minimum absolute atomic E-state index is 0.221. The van der Waals surface area contributed by atoms with Crippen molar-refractivity contribution in [1.82, 2.24) is 0 Å². The largest absolute Gasteiger partial charge is 0.322 e. The molecule has 0 aliphatic rings. The van der Waals surface area contributed by atoms with Crippen LogP contribution in [0.15, 0.2) is 40.9 Å². The van der Waals surface area contributed by atoms with Crippen LogP contribution in [0.2, 0.25) is 5.02 Å². The second-order valence-electron chi connectivity index (χ2n) is 4.22. The van der Waals surface area contributed by atoms with Crippen molar-refractivity contribution in [2.24, 2.45) is 0 Å². The Morgan fingerprint density at radius 2 is 2.05 bits per heavy atom. The summed E-state index contributed by atoms with van der Waals surface area (Å²) in [6, 6.07) is 12.1. The molecule has 0 saturated heterocycles. The molecule has 3 nitrogen and oxygen atoms in total. The number of carbonyl (C=O) groups is 1. The van der Waals surface area contributed by atoms with Crippen LogP contribution in [0.5, 0.6) is 0 Å². The number of nitrogens with zero attached hydrogens (tertiary/aromatic N) is 1. The first-order valence-corrected chi connectivity index (χ1v) is 6.95. The van der Waals surface area contributed by atoms with Crippen molar-refractivity contribution in [2.75, 3.05) is 5.32 Å². The van der Waals surface area contributed by atoms with E-state index in [1.165, 1.54) is 0 Å². The number of halogens is 2. The maximum absolute atomic E-state index is 12.1. The van der Waals surface area contributed by atoms with Gasteiger partial charge in [-0.05, 0) is 48.9 Å². The van der Waals surface area contributed by atoms with Gasteiger partial charge in [0.05, 0.1) is 10.6 Å². The van der Waals surface area contributed by atoms with Gasteiger partial charge in [0.1, 0.15) is 6.07 Å². The summed E-state index contributed by atoms with van der Waals surface area (Å²) in [5.41, 5.74) is 2.48. The highest BCUT2D eigenvalue weighted by Crippen LogP contribution is 2.22. The SMILES string of the molecule is Cc1cc(C(=O)Nc2ccc(C#N)c(Cl)c2)ccc1Br. The van der Waals surface area contributed by atoms with Crippen molar-refractivity contribution in [3.8, 4) is 6.07 Å². The van der Waals surface area contributed by atoms with Crippen LogP contribution in [-0.4, -0.2) is 5.91 Å². The van der Waals surface area contributed by atoms with E-state index in [4.69, 9.17) is 16.9 Å². The Balaban J connectivity index is 2.21. The third-order valence-corrected chi connectivity index (χ3v) is 3.97. The van der Waals surface area contributed by atoms with Crippen molar-refractivity contribution in [2.45, 2.75) is 6.92 Å². The molecule has 0 unspecified atom stereocenters. The lowest BCUT2D eigenvalue weighted by atomic mass is 10.1. The van der Waals surface area contributed by atoms with E-state index in [1.807, 2.05) is 19.1 Å². The number of hydrogen-bond donors (Lipinski definition) is 1. The molecular formula is C15H10BrClN2O. The predicted molar refractivity (Wildman–Crippen MR) is 83.0 cm³/mol. The molecule has 0 fully saturated rings. The number of nitriles is 1. The minimum Gasteiger partial charge on any atom is -0.322 e. The molecule has 20 heavy (non-hydrogen) atoms. The normalized spacial score (nSPS) is 9.90. The average molecular weight is 350 g/mol. The lowest BCUT2D eigenvalue weighted by Crippen LogP contribution is -2.12. The third-order valence-electron chi connectivity index (χ3n) is 2.77. The van der Waals surface area contributed by atoms with E-state index in [2.05, 4.69) is 21.2 Å². The Labute approximate surface area is 130 Å². The van der Waals surface area contributed by atoms with Crippen LogP contribution in [-0.2, 0) is 0 Å². The smallest absolute Gasteiger partial charge is 0.255 e. The molecule has 2 aromatic rings. The minimum atomic E-state index is -0.221. The van der Waals surface area contributed by atoms with E-state index >= 15 is 0 Å². The molecule has 0 saturated carbocycles. The number of nitrogens with one attached hydrogen (secondary N) is 1. The van der Waals surface area contributed by atoms with E-state index in [9.17, 15) is 4.79 Å². The van der Waals surface area contributed by atoms with Crippen LogP contribution in [0, 0.1) is 18.3 Å². The Morgan fingerprint density at radius 1 is 1.30 bits per heavy atom. The fraction of sp³-hybridized carbons (Fsp3) is 0.0667. The van der Waals surface area contributed by atoms with E-state index in [0.717, 1.165) is 10.0 Å². The van der Waals surface area contributed by atoms with Crippen LogP contribution in [0.4, 0.5) is 5.69 Å². The molecule has 0 aromatic heterocycles. The molecule has 0 radical (unpaired) electrons. The summed E-state index contributed by atoms with van der Waals surface area (Å²) in [4.78, 5) is 12.1. The van der Waals surface area contributed by atoms with Crippen molar-refractivity contribution >= 4 is 39.1 Å². The summed E-state index contributed by atoms with van der Waals surface area (Å²) in [5.74, 6) is -0.221. The van der Waals surface area contributed by atoms with Crippen molar-refractivity contribution < 1.29 is 4.79 Å². The summed E-state index contributed by atoms with van der Waals surface area (Å²) in [6.07, 6.45) is 0. The maximum Gasteiger partial charge on any atom is 0.255 e. The third kappa shape index (κ3) is 3.19. The molecule has 0 spiro atoms. The highest BCUT2D eigenvalue weighted by atomic mass is 79.9. The van der Waals surface area contributed by atoms with Gasteiger partial charge in [-0.25, -0.2) is 0 Å². The van der Waals surface area contributed by atoms with Gasteiger partial charge in [0.25, 0.3) is 5.91 Å². The number of hydrogen-bond acceptors (Lipinski definition) is 2. The maximum atomic E-state index is 12.1. The first-order valence-electron chi connectivity index (χ1n) is 5.78. The number of carbonyl (C=O) groups excluding carboxylic acids is 1. The standard InChI is InChI=1S/C15H10BrClN2O/c1-9-6-10(3-5-13(9)16)15(20)19-12-4-2-11(8-18)14(17)7-12/h2-7H,1H3,(H,19,20). The van der Waals surface area contributed by atoms with Crippen molar-refractivity contribution in [3.63, 3.8) is 0 Å². The van der Waals surface area contributed by atoms with Crippen LogP contribution < -0.4 is 5.32 Å². The number of anilines is 1. The number of benzene rings is 2. The van der Waals surface area contributed by atoms with Crippen LogP contribution in [0.3, 0.4) is 0 Å². The zero-order valence-corrected chi connectivity index (χ0v) is 12.9. The molecule has 0 atom stereocenters. The lowest BCUT2D eigenvalue weighted by Gasteiger charge is -2.07. The molecule has 100 valence electrons. The molecule has 2 rings (SSSR count). The molecule has 0 bridgehead atoms. The summed E-state index contributed by atoms with van der Waals surface area (Å²) in [6.45, 7) is 1.92. The predicted octanol–water partition coefficient (Wildman–Crippen LogP) is 4.53. The molecule has 1 amide bonds. The Kier molecular flexibility index (Phi) is 4.43. The second kappa shape index (κ2) is 6.08. The molecule has 0 aliphatic carbocycles. The highest BCUT2D eigenvalue weighted by molar-refractivity contribution is 9.10. The molecule has 2 aromatic carbocycles. The monoisotopic (exact) mass is 348 g/mol. The molecule has 5 heteroatoms. The Bertz CT molecular complexity index is 722. The first-order chi connectivity index (χ1) is 9.51. The topological polar surface area (TPSA) is 52.9 Å². The molecule has 0 heterocycles. The van der Waals surface area contributed by atoms with Gasteiger partial charge in [0.15, 0.2) is 0 Å². The molecular weight excluding hydrogens is 340 g/mol. The van der Waals surface area contributed by atoms with E-state index in [1.54, 1.807) is 30.3 Å². The van der Waals surface area contributed by atoms with Gasteiger partial charge in [0.2, 0.25) is 0 Å². The van der Waals surface area contributed by atoms with E-state index in [0.29, 0.717) is 21.8 Å².